The number of nitrogens with two attached hydrogens (primary N) is 1. The van der Waals surface area contributed by atoms with Gasteiger partial charge in [-0.25, -0.2) is 0 Å². The predicted molar refractivity (Wildman–Crippen MR) is 82.5 cm³/mol. The molecule has 0 saturated heterocycles. The van der Waals surface area contributed by atoms with Gasteiger partial charge in [-0.2, -0.15) is 0 Å². The lowest BCUT2D eigenvalue weighted by atomic mass is 10.1. The standard InChI is InChI=1S/C16H17ClN2O/c1-19(11-13-4-2-3-5-15(13)17)16(20)10-12-6-8-14(18)9-7-12/h2-9H,10-11,18H2,1H3. The third-order valence-corrected chi connectivity index (χ3v) is 3.49. The van der Waals surface area contributed by atoms with Gasteiger partial charge in [0.15, 0.2) is 0 Å². The molecule has 0 saturated carbocycles. The first-order valence-electron chi connectivity index (χ1n) is 6.38. The molecule has 0 unspecified atom stereocenters. The van der Waals surface area contributed by atoms with Crippen molar-refractivity contribution in [3.8, 4) is 0 Å². The van der Waals surface area contributed by atoms with Crippen molar-refractivity contribution in [1.82, 2.24) is 4.90 Å². The Morgan fingerprint density at radius 3 is 2.45 bits per heavy atom. The molecule has 0 aromatic heterocycles. The number of halogens is 1. The fraction of sp³-hybridized carbons (Fsp3) is 0.188. The fourth-order valence-corrected chi connectivity index (χ4v) is 2.11. The van der Waals surface area contributed by atoms with Gasteiger partial charge in [-0.05, 0) is 29.3 Å². The summed E-state index contributed by atoms with van der Waals surface area (Å²) in [6.07, 6.45) is 0.362. The zero-order valence-corrected chi connectivity index (χ0v) is 12.1. The Labute approximate surface area is 124 Å². The van der Waals surface area contributed by atoms with Crippen molar-refractivity contribution < 1.29 is 4.79 Å². The molecular weight excluding hydrogens is 272 g/mol. The molecule has 0 bridgehead atoms. The quantitative estimate of drug-likeness (QED) is 0.879. The zero-order chi connectivity index (χ0) is 14.5. The van der Waals surface area contributed by atoms with Crippen LogP contribution in [0.25, 0.3) is 0 Å². The fourth-order valence-electron chi connectivity index (χ4n) is 1.92. The minimum atomic E-state index is 0.0506. The van der Waals surface area contributed by atoms with Crippen molar-refractivity contribution in [2.45, 2.75) is 13.0 Å². The molecule has 1 amide bonds. The summed E-state index contributed by atoms with van der Waals surface area (Å²) in [5.41, 5.74) is 8.23. The number of carbonyl (C=O) groups excluding carboxylic acids is 1. The lowest BCUT2D eigenvalue weighted by Gasteiger charge is -2.18. The van der Waals surface area contributed by atoms with Crippen LogP contribution in [0.5, 0.6) is 0 Å². The van der Waals surface area contributed by atoms with Crippen molar-refractivity contribution in [2.75, 3.05) is 12.8 Å². The molecule has 0 fully saturated rings. The highest BCUT2D eigenvalue weighted by Crippen LogP contribution is 2.17. The lowest BCUT2D eigenvalue weighted by Crippen LogP contribution is -2.27. The number of nitrogens with zero attached hydrogens (tertiary/aromatic N) is 1. The van der Waals surface area contributed by atoms with E-state index in [0.29, 0.717) is 23.7 Å². The van der Waals surface area contributed by atoms with Crippen molar-refractivity contribution in [3.63, 3.8) is 0 Å². The molecule has 0 radical (unpaired) electrons. The monoisotopic (exact) mass is 288 g/mol. The van der Waals surface area contributed by atoms with Crippen LogP contribution in [0, 0.1) is 0 Å². The Kier molecular flexibility index (Phi) is 4.64. The molecule has 2 rings (SSSR count). The summed E-state index contributed by atoms with van der Waals surface area (Å²) in [6, 6.07) is 14.9. The van der Waals surface area contributed by atoms with E-state index in [4.69, 9.17) is 17.3 Å². The van der Waals surface area contributed by atoms with Crippen molar-refractivity contribution >= 4 is 23.2 Å². The van der Waals surface area contributed by atoms with Crippen LogP contribution in [-0.4, -0.2) is 17.9 Å². The summed E-state index contributed by atoms with van der Waals surface area (Å²) in [7, 11) is 1.78. The Morgan fingerprint density at radius 1 is 1.15 bits per heavy atom. The van der Waals surface area contributed by atoms with Crippen molar-refractivity contribution in [1.29, 1.82) is 0 Å². The van der Waals surface area contributed by atoms with E-state index in [1.54, 1.807) is 24.1 Å². The minimum Gasteiger partial charge on any atom is -0.399 e. The van der Waals surface area contributed by atoms with E-state index in [1.807, 2.05) is 36.4 Å². The van der Waals surface area contributed by atoms with Crippen LogP contribution in [0.15, 0.2) is 48.5 Å². The van der Waals surface area contributed by atoms with Gasteiger partial charge in [0.05, 0.1) is 6.42 Å². The highest BCUT2D eigenvalue weighted by Gasteiger charge is 2.11. The maximum absolute atomic E-state index is 12.2. The van der Waals surface area contributed by atoms with Crippen molar-refractivity contribution in [2.24, 2.45) is 0 Å². The van der Waals surface area contributed by atoms with Gasteiger partial charge in [-0.1, -0.05) is 41.9 Å². The first kappa shape index (κ1) is 14.4. The second-order valence-electron chi connectivity index (χ2n) is 4.76. The predicted octanol–water partition coefficient (Wildman–Crippen LogP) is 3.12. The second kappa shape index (κ2) is 6.44. The van der Waals surface area contributed by atoms with Crippen LogP contribution >= 0.6 is 11.6 Å². The van der Waals surface area contributed by atoms with E-state index in [-0.39, 0.29) is 5.91 Å². The Morgan fingerprint density at radius 2 is 1.80 bits per heavy atom. The van der Waals surface area contributed by atoms with Gasteiger partial charge in [0.25, 0.3) is 0 Å². The molecule has 104 valence electrons. The molecule has 3 nitrogen and oxygen atoms in total. The van der Waals surface area contributed by atoms with Gasteiger partial charge in [-0.3, -0.25) is 4.79 Å². The number of nitrogen functional groups attached to an aromatic ring is 1. The van der Waals surface area contributed by atoms with E-state index < -0.39 is 0 Å². The third kappa shape index (κ3) is 3.75. The zero-order valence-electron chi connectivity index (χ0n) is 11.3. The van der Waals surface area contributed by atoms with Gasteiger partial charge in [0.2, 0.25) is 5.91 Å². The summed E-state index contributed by atoms with van der Waals surface area (Å²) in [4.78, 5) is 13.8. The molecule has 0 spiro atoms. The molecule has 2 aromatic rings. The number of anilines is 1. The summed E-state index contributed by atoms with van der Waals surface area (Å²) in [6.45, 7) is 0.507. The van der Waals surface area contributed by atoms with Crippen LogP contribution in [0.1, 0.15) is 11.1 Å². The van der Waals surface area contributed by atoms with E-state index in [2.05, 4.69) is 0 Å². The summed E-state index contributed by atoms with van der Waals surface area (Å²) in [5.74, 6) is 0.0506. The van der Waals surface area contributed by atoms with Gasteiger partial charge in [-0.15, -0.1) is 0 Å². The number of hydrogen-bond acceptors (Lipinski definition) is 2. The summed E-state index contributed by atoms with van der Waals surface area (Å²) < 4.78 is 0. The van der Waals surface area contributed by atoms with Gasteiger partial charge in [0, 0.05) is 24.3 Å². The molecule has 0 heterocycles. The Hall–Kier alpha value is -2.00. The van der Waals surface area contributed by atoms with Gasteiger partial charge >= 0.3 is 0 Å². The molecule has 0 atom stereocenters. The van der Waals surface area contributed by atoms with E-state index in [9.17, 15) is 4.79 Å². The molecule has 0 aliphatic rings. The van der Waals surface area contributed by atoms with E-state index in [0.717, 1.165) is 11.1 Å². The van der Waals surface area contributed by atoms with Crippen LogP contribution in [0.3, 0.4) is 0 Å². The second-order valence-corrected chi connectivity index (χ2v) is 5.17. The maximum atomic E-state index is 12.2. The van der Waals surface area contributed by atoms with Gasteiger partial charge in [0.1, 0.15) is 0 Å². The average Bonchev–Trinajstić information content (AvgIpc) is 2.44. The average molecular weight is 289 g/mol. The molecule has 2 aromatic carbocycles. The van der Waals surface area contributed by atoms with Crippen LogP contribution in [0.2, 0.25) is 5.02 Å². The number of likely N-dealkylation sites (N-methyl/N-ethyl adjacent to an activating group) is 1. The van der Waals surface area contributed by atoms with Crippen LogP contribution in [-0.2, 0) is 17.8 Å². The van der Waals surface area contributed by atoms with Crippen LogP contribution in [0.4, 0.5) is 5.69 Å². The summed E-state index contributed by atoms with van der Waals surface area (Å²) in [5, 5.41) is 0.680. The lowest BCUT2D eigenvalue weighted by molar-refractivity contribution is -0.129. The molecule has 4 heteroatoms. The van der Waals surface area contributed by atoms with Gasteiger partial charge < -0.3 is 10.6 Å². The molecule has 2 N–H and O–H groups in total. The highest BCUT2D eigenvalue weighted by atomic mass is 35.5. The molecule has 0 aliphatic carbocycles. The molecule has 20 heavy (non-hydrogen) atoms. The Bertz CT molecular complexity index is 596. The molecule has 0 aliphatic heterocycles. The largest absolute Gasteiger partial charge is 0.399 e. The number of amides is 1. The highest BCUT2D eigenvalue weighted by molar-refractivity contribution is 6.31. The summed E-state index contributed by atoms with van der Waals surface area (Å²) >= 11 is 6.10. The minimum absolute atomic E-state index is 0.0506. The topological polar surface area (TPSA) is 46.3 Å². The van der Waals surface area contributed by atoms with E-state index in [1.165, 1.54) is 0 Å². The SMILES string of the molecule is CN(Cc1ccccc1Cl)C(=O)Cc1ccc(N)cc1. The number of hydrogen-bond donors (Lipinski definition) is 1. The first-order valence-corrected chi connectivity index (χ1v) is 6.76. The smallest absolute Gasteiger partial charge is 0.227 e. The van der Waals surface area contributed by atoms with Crippen LogP contribution < -0.4 is 5.73 Å². The first-order chi connectivity index (χ1) is 9.56. The third-order valence-electron chi connectivity index (χ3n) is 3.13. The van der Waals surface area contributed by atoms with E-state index >= 15 is 0 Å². The number of rotatable bonds is 4. The number of benzene rings is 2. The number of carbonyl (C=O) groups is 1. The van der Waals surface area contributed by atoms with Crippen molar-refractivity contribution in [3.05, 3.63) is 64.7 Å². The Balaban J connectivity index is 1.99. The normalized spacial score (nSPS) is 10.3. The maximum Gasteiger partial charge on any atom is 0.227 e. The molecular formula is C16H17ClN2O.